The second kappa shape index (κ2) is 3.72. The quantitative estimate of drug-likeness (QED) is 0.726. The van der Waals surface area contributed by atoms with Crippen LogP contribution in [0.25, 0.3) is 0 Å². The predicted octanol–water partition coefficient (Wildman–Crippen LogP) is 3.20. The van der Waals surface area contributed by atoms with Crippen LogP contribution in [0, 0.1) is 8.99 Å². The first kappa shape index (κ1) is 10.6. The van der Waals surface area contributed by atoms with Crippen molar-refractivity contribution in [1.29, 1.82) is 0 Å². The summed E-state index contributed by atoms with van der Waals surface area (Å²) in [5.41, 5.74) is 1.11. The average molecular weight is 327 g/mol. The number of carbonyl (C=O) groups excluding carboxylic acids is 1. The molecule has 0 atom stereocenters. The van der Waals surface area contributed by atoms with Crippen molar-refractivity contribution in [2.75, 3.05) is 11.4 Å². The van der Waals surface area contributed by atoms with E-state index in [1.807, 2.05) is 4.90 Å². The lowest BCUT2D eigenvalue weighted by Crippen LogP contribution is -2.42. The molecule has 3 heteroatoms. The highest BCUT2D eigenvalue weighted by Crippen LogP contribution is 2.53. The van der Waals surface area contributed by atoms with Crippen molar-refractivity contribution in [2.24, 2.45) is 5.41 Å². The molecule has 1 aromatic carbocycles. The molecule has 0 N–H and O–H groups in total. The highest BCUT2D eigenvalue weighted by Gasteiger charge is 2.53. The largest absolute Gasteiger partial charge is 0.312 e. The summed E-state index contributed by atoms with van der Waals surface area (Å²) < 4.78 is 1.21. The highest BCUT2D eigenvalue weighted by molar-refractivity contribution is 14.1. The molecule has 1 heterocycles. The van der Waals surface area contributed by atoms with Crippen LogP contribution in [0.15, 0.2) is 24.3 Å². The number of rotatable bonds is 1. The fourth-order valence-electron chi connectivity index (χ4n) is 2.55. The smallest absolute Gasteiger partial charge is 0.233 e. The number of anilines is 1. The third-order valence-corrected chi connectivity index (χ3v) is 4.45. The Morgan fingerprint density at radius 2 is 1.81 bits per heavy atom. The number of hydrogen-bond acceptors (Lipinski definition) is 1. The molecule has 1 aliphatic carbocycles. The summed E-state index contributed by atoms with van der Waals surface area (Å²) in [4.78, 5) is 14.3. The van der Waals surface area contributed by atoms with Crippen LogP contribution in [0.3, 0.4) is 0 Å². The van der Waals surface area contributed by atoms with Gasteiger partial charge in [0.15, 0.2) is 0 Å². The second-order valence-electron chi connectivity index (χ2n) is 4.82. The van der Waals surface area contributed by atoms with Crippen molar-refractivity contribution in [2.45, 2.75) is 25.7 Å². The number of amides is 1. The van der Waals surface area contributed by atoms with Crippen LogP contribution in [-0.2, 0) is 4.79 Å². The normalized spacial score (nSPS) is 22.6. The van der Waals surface area contributed by atoms with Gasteiger partial charge >= 0.3 is 0 Å². The maximum absolute atomic E-state index is 12.3. The van der Waals surface area contributed by atoms with E-state index < -0.39 is 0 Å². The van der Waals surface area contributed by atoms with E-state index in [2.05, 4.69) is 46.9 Å². The van der Waals surface area contributed by atoms with Gasteiger partial charge in [-0.2, -0.15) is 0 Å². The van der Waals surface area contributed by atoms with E-state index in [9.17, 15) is 4.79 Å². The predicted molar refractivity (Wildman–Crippen MR) is 72.4 cm³/mol. The van der Waals surface area contributed by atoms with Gasteiger partial charge < -0.3 is 4.90 Å². The van der Waals surface area contributed by atoms with E-state index in [-0.39, 0.29) is 5.41 Å². The number of benzene rings is 1. The molecular weight excluding hydrogens is 313 g/mol. The molecule has 1 amide bonds. The Morgan fingerprint density at radius 1 is 1.12 bits per heavy atom. The third-order valence-electron chi connectivity index (χ3n) is 3.73. The Morgan fingerprint density at radius 3 is 2.44 bits per heavy atom. The van der Waals surface area contributed by atoms with Gasteiger partial charge in [-0.25, -0.2) is 0 Å². The van der Waals surface area contributed by atoms with E-state index in [1.54, 1.807) is 0 Å². The molecule has 1 aromatic rings. The molecule has 84 valence electrons. The summed E-state index contributed by atoms with van der Waals surface area (Å²) in [5, 5.41) is 0. The molecule has 0 bridgehead atoms. The Hall–Kier alpha value is -0.580. The maximum Gasteiger partial charge on any atom is 0.233 e. The zero-order chi connectivity index (χ0) is 11.2. The van der Waals surface area contributed by atoms with E-state index in [0.717, 1.165) is 37.9 Å². The van der Waals surface area contributed by atoms with Crippen LogP contribution in [0.4, 0.5) is 5.69 Å². The lowest BCUT2D eigenvalue weighted by atomic mass is 9.93. The zero-order valence-electron chi connectivity index (χ0n) is 9.08. The van der Waals surface area contributed by atoms with E-state index in [1.165, 1.54) is 3.57 Å². The van der Waals surface area contributed by atoms with Gasteiger partial charge in [-0.3, -0.25) is 4.79 Å². The summed E-state index contributed by atoms with van der Waals surface area (Å²) in [5.74, 6) is 0.361. The molecule has 0 unspecified atom stereocenters. The molecule has 0 aromatic heterocycles. The minimum atomic E-state index is 0.0429. The maximum atomic E-state index is 12.3. The molecule has 16 heavy (non-hydrogen) atoms. The van der Waals surface area contributed by atoms with Crippen molar-refractivity contribution in [3.63, 3.8) is 0 Å². The van der Waals surface area contributed by atoms with E-state index in [4.69, 9.17) is 0 Å². The topological polar surface area (TPSA) is 20.3 Å². The van der Waals surface area contributed by atoms with Gasteiger partial charge in [-0.15, -0.1) is 0 Å². The molecule has 1 spiro atoms. The van der Waals surface area contributed by atoms with Gasteiger partial charge in [0.05, 0.1) is 0 Å². The number of hydrogen-bond donors (Lipinski definition) is 0. The summed E-state index contributed by atoms with van der Waals surface area (Å²) in [6.07, 6.45) is 4.46. The fourth-order valence-corrected chi connectivity index (χ4v) is 2.91. The Balaban J connectivity index is 1.89. The zero-order valence-corrected chi connectivity index (χ0v) is 11.2. The third kappa shape index (κ3) is 1.65. The number of piperidine rings is 1. The van der Waals surface area contributed by atoms with Crippen molar-refractivity contribution in [3.8, 4) is 0 Å². The monoisotopic (exact) mass is 327 g/mol. The Bertz CT molecular complexity index is 422. The van der Waals surface area contributed by atoms with E-state index >= 15 is 0 Å². The standard InChI is InChI=1S/C13H14INO/c14-10-2-4-11(5-3-10)15-9-1-6-13(7-8-13)12(15)16/h2-5H,1,6-9H2. The lowest BCUT2D eigenvalue weighted by Gasteiger charge is -2.32. The molecule has 2 nitrogen and oxygen atoms in total. The average Bonchev–Trinajstić information content (AvgIpc) is 3.05. The van der Waals surface area contributed by atoms with Crippen molar-refractivity contribution < 1.29 is 4.79 Å². The number of carbonyl (C=O) groups is 1. The SMILES string of the molecule is O=C1N(c2ccc(I)cc2)CCCC12CC2. The van der Waals surface area contributed by atoms with Gasteiger partial charge in [-0.05, 0) is 72.5 Å². The van der Waals surface area contributed by atoms with Gasteiger partial charge in [0, 0.05) is 21.2 Å². The number of nitrogens with zero attached hydrogens (tertiary/aromatic N) is 1. The van der Waals surface area contributed by atoms with Crippen LogP contribution < -0.4 is 4.90 Å². The van der Waals surface area contributed by atoms with Crippen LogP contribution >= 0.6 is 22.6 Å². The Labute approximate surface area is 109 Å². The van der Waals surface area contributed by atoms with Crippen LogP contribution in [0.5, 0.6) is 0 Å². The lowest BCUT2D eigenvalue weighted by molar-refractivity contribution is -0.125. The first-order valence-corrected chi connectivity index (χ1v) is 6.87. The molecule has 2 fully saturated rings. The van der Waals surface area contributed by atoms with Gasteiger partial charge in [0.25, 0.3) is 0 Å². The molecule has 1 aliphatic heterocycles. The van der Waals surface area contributed by atoms with Crippen LogP contribution in [-0.4, -0.2) is 12.5 Å². The minimum Gasteiger partial charge on any atom is -0.312 e. The van der Waals surface area contributed by atoms with Gasteiger partial charge in [-0.1, -0.05) is 0 Å². The van der Waals surface area contributed by atoms with Crippen LogP contribution in [0.2, 0.25) is 0 Å². The molecule has 1 saturated carbocycles. The summed E-state index contributed by atoms with van der Waals surface area (Å²) in [7, 11) is 0. The van der Waals surface area contributed by atoms with E-state index in [0.29, 0.717) is 5.91 Å². The summed E-state index contributed by atoms with van der Waals surface area (Å²) in [6.45, 7) is 0.890. The van der Waals surface area contributed by atoms with Crippen molar-refractivity contribution >= 4 is 34.2 Å². The van der Waals surface area contributed by atoms with Crippen LogP contribution in [0.1, 0.15) is 25.7 Å². The van der Waals surface area contributed by atoms with Gasteiger partial charge in [0.2, 0.25) is 5.91 Å². The first-order valence-electron chi connectivity index (χ1n) is 5.79. The minimum absolute atomic E-state index is 0.0429. The number of halogens is 1. The second-order valence-corrected chi connectivity index (χ2v) is 6.06. The molecule has 3 rings (SSSR count). The fraction of sp³-hybridized carbons (Fsp3) is 0.462. The van der Waals surface area contributed by atoms with Gasteiger partial charge in [0.1, 0.15) is 0 Å². The highest BCUT2D eigenvalue weighted by atomic mass is 127. The van der Waals surface area contributed by atoms with Crippen molar-refractivity contribution in [3.05, 3.63) is 27.8 Å². The Kier molecular flexibility index (Phi) is 2.46. The summed E-state index contributed by atoms with van der Waals surface area (Å²) in [6, 6.07) is 8.25. The summed E-state index contributed by atoms with van der Waals surface area (Å²) >= 11 is 2.29. The molecular formula is C13H14INO. The molecule has 0 radical (unpaired) electrons. The first-order chi connectivity index (χ1) is 7.71. The molecule has 1 saturated heterocycles. The molecule has 2 aliphatic rings. The van der Waals surface area contributed by atoms with Crippen molar-refractivity contribution in [1.82, 2.24) is 0 Å².